The number of guanidine groups is 1. The van der Waals surface area contributed by atoms with Crippen molar-refractivity contribution in [2.24, 2.45) is 4.99 Å². The molecule has 1 aromatic carbocycles. The molecule has 0 radical (unpaired) electrons. The van der Waals surface area contributed by atoms with E-state index in [2.05, 4.69) is 49.8 Å². The van der Waals surface area contributed by atoms with Gasteiger partial charge in [0, 0.05) is 37.7 Å². The van der Waals surface area contributed by atoms with E-state index in [9.17, 15) is 13.2 Å². The fourth-order valence-corrected chi connectivity index (χ4v) is 3.34. The monoisotopic (exact) mass is 523 g/mol. The van der Waals surface area contributed by atoms with E-state index in [1.165, 1.54) is 5.69 Å². The van der Waals surface area contributed by atoms with E-state index in [4.69, 9.17) is 0 Å². The number of aliphatic imine (C=N–C) groups is 1. The second-order valence-electron chi connectivity index (χ2n) is 5.95. The van der Waals surface area contributed by atoms with Gasteiger partial charge in [-0.05, 0) is 17.7 Å². The maximum Gasteiger partial charge on any atom is 0.434 e. The largest absolute Gasteiger partial charge is 0.434 e. The number of nitrogens with one attached hydrogen (secondary N) is 2. The molecular formula is C18H21F3IN5S. The minimum atomic E-state index is -4.41. The van der Waals surface area contributed by atoms with Gasteiger partial charge in [0.05, 0.1) is 6.54 Å². The van der Waals surface area contributed by atoms with E-state index < -0.39 is 11.9 Å². The number of hydrogen-bond acceptors (Lipinski definition) is 4. The van der Waals surface area contributed by atoms with Crippen LogP contribution in [0, 0.1) is 0 Å². The minimum absolute atomic E-state index is 0. The molecule has 0 atom stereocenters. The summed E-state index contributed by atoms with van der Waals surface area (Å²) in [6.45, 7) is 2.60. The van der Waals surface area contributed by atoms with Crippen molar-refractivity contribution in [2.75, 3.05) is 25.0 Å². The number of thiazole rings is 1. The molecule has 1 aliphatic heterocycles. The molecule has 2 aromatic rings. The van der Waals surface area contributed by atoms with Gasteiger partial charge in [0.25, 0.3) is 0 Å². The molecule has 1 aromatic heterocycles. The SMILES string of the molecule is CN=C(NCc1ccc(N2CC=CC2)cc1)NCc1nc(C(F)(F)F)cs1.I. The topological polar surface area (TPSA) is 52.6 Å². The van der Waals surface area contributed by atoms with Crippen molar-refractivity contribution in [3.63, 3.8) is 0 Å². The van der Waals surface area contributed by atoms with Crippen LogP contribution < -0.4 is 15.5 Å². The van der Waals surface area contributed by atoms with Crippen LogP contribution in [0.25, 0.3) is 0 Å². The lowest BCUT2D eigenvalue weighted by atomic mass is 10.2. The highest BCUT2D eigenvalue weighted by Gasteiger charge is 2.33. The summed E-state index contributed by atoms with van der Waals surface area (Å²) in [4.78, 5) is 9.94. The van der Waals surface area contributed by atoms with Crippen LogP contribution in [0.2, 0.25) is 0 Å². The summed E-state index contributed by atoms with van der Waals surface area (Å²) < 4.78 is 37.7. The second-order valence-corrected chi connectivity index (χ2v) is 6.89. The number of hydrogen-bond donors (Lipinski definition) is 2. The van der Waals surface area contributed by atoms with Gasteiger partial charge < -0.3 is 15.5 Å². The van der Waals surface area contributed by atoms with Crippen molar-refractivity contribution in [1.29, 1.82) is 0 Å². The van der Waals surface area contributed by atoms with Crippen LogP contribution in [0.1, 0.15) is 16.3 Å². The lowest BCUT2D eigenvalue weighted by Gasteiger charge is -2.18. The van der Waals surface area contributed by atoms with Crippen molar-refractivity contribution in [3.05, 3.63) is 58.1 Å². The Morgan fingerprint density at radius 2 is 1.79 bits per heavy atom. The highest BCUT2D eigenvalue weighted by atomic mass is 127. The summed E-state index contributed by atoms with van der Waals surface area (Å²) in [5, 5.41) is 7.50. The standard InChI is InChI=1S/C18H20F3N5S.HI/c1-22-17(24-11-16-25-15(12-27-16)18(19,20)21)23-10-13-4-6-14(7-5-13)26-8-2-3-9-26;/h2-7,12H,8-11H2,1H3,(H2,22,23,24);1H. The van der Waals surface area contributed by atoms with Crippen LogP contribution in [-0.4, -0.2) is 31.1 Å². The summed E-state index contributed by atoms with van der Waals surface area (Å²) >= 11 is 0.971. The maximum absolute atomic E-state index is 12.6. The third kappa shape index (κ3) is 6.09. The van der Waals surface area contributed by atoms with Crippen LogP contribution in [0.4, 0.5) is 18.9 Å². The van der Waals surface area contributed by atoms with E-state index in [-0.39, 0.29) is 30.5 Å². The van der Waals surface area contributed by atoms with Crippen molar-refractivity contribution in [3.8, 4) is 0 Å². The summed E-state index contributed by atoms with van der Waals surface area (Å²) in [6.07, 6.45) is -0.123. The van der Waals surface area contributed by atoms with Gasteiger partial charge in [-0.2, -0.15) is 13.2 Å². The van der Waals surface area contributed by atoms with Gasteiger partial charge in [-0.1, -0.05) is 24.3 Å². The highest BCUT2D eigenvalue weighted by molar-refractivity contribution is 14.0. The molecule has 0 unspecified atom stereocenters. The van der Waals surface area contributed by atoms with Gasteiger partial charge in [-0.15, -0.1) is 35.3 Å². The number of anilines is 1. The number of benzene rings is 1. The van der Waals surface area contributed by atoms with Gasteiger partial charge in [-0.25, -0.2) is 4.98 Å². The molecule has 0 saturated heterocycles. The van der Waals surface area contributed by atoms with Gasteiger partial charge in [-0.3, -0.25) is 4.99 Å². The number of aromatic nitrogens is 1. The molecule has 5 nitrogen and oxygen atoms in total. The molecular weight excluding hydrogens is 502 g/mol. The predicted molar refractivity (Wildman–Crippen MR) is 117 cm³/mol. The summed E-state index contributed by atoms with van der Waals surface area (Å²) in [5.41, 5.74) is 1.40. The number of nitrogens with zero attached hydrogens (tertiary/aromatic N) is 3. The first kappa shape index (κ1) is 22.5. The van der Waals surface area contributed by atoms with Gasteiger partial charge in [0.15, 0.2) is 11.7 Å². The fourth-order valence-electron chi connectivity index (χ4n) is 2.60. The molecule has 152 valence electrons. The first-order valence-corrected chi connectivity index (χ1v) is 9.28. The fraction of sp³-hybridized carbons (Fsp3) is 0.333. The van der Waals surface area contributed by atoms with E-state index in [0.29, 0.717) is 17.5 Å². The summed E-state index contributed by atoms with van der Waals surface area (Å²) in [7, 11) is 1.61. The average molecular weight is 523 g/mol. The molecule has 0 amide bonds. The van der Waals surface area contributed by atoms with Gasteiger partial charge in [0.1, 0.15) is 5.01 Å². The molecule has 0 bridgehead atoms. The molecule has 0 fully saturated rings. The molecule has 28 heavy (non-hydrogen) atoms. The van der Waals surface area contributed by atoms with Crippen molar-refractivity contribution >= 4 is 47.0 Å². The zero-order valence-electron chi connectivity index (χ0n) is 15.2. The molecule has 0 aliphatic carbocycles. The average Bonchev–Trinajstić information content (AvgIpc) is 3.34. The second kappa shape index (κ2) is 10.1. The number of rotatable bonds is 5. The number of halogens is 4. The van der Waals surface area contributed by atoms with E-state index in [1.54, 1.807) is 7.05 Å². The third-order valence-corrected chi connectivity index (χ3v) is 4.90. The van der Waals surface area contributed by atoms with Gasteiger partial charge in [0.2, 0.25) is 0 Å². The van der Waals surface area contributed by atoms with E-state index >= 15 is 0 Å². The first-order chi connectivity index (χ1) is 13.0. The molecule has 2 N–H and O–H groups in total. The summed E-state index contributed by atoms with van der Waals surface area (Å²) in [5.74, 6) is 0.506. The molecule has 0 saturated carbocycles. The zero-order valence-corrected chi connectivity index (χ0v) is 18.3. The van der Waals surface area contributed by atoms with Crippen molar-refractivity contribution < 1.29 is 13.2 Å². The Bertz CT molecular complexity index is 809. The highest BCUT2D eigenvalue weighted by Crippen LogP contribution is 2.29. The van der Waals surface area contributed by atoms with Crippen molar-refractivity contribution in [2.45, 2.75) is 19.3 Å². The van der Waals surface area contributed by atoms with Crippen LogP contribution >= 0.6 is 35.3 Å². The van der Waals surface area contributed by atoms with Crippen LogP contribution in [0.5, 0.6) is 0 Å². The smallest absolute Gasteiger partial charge is 0.364 e. The molecule has 10 heteroatoms. The van der Waals surface area contributed by atoms with Crippen LogP contribution in [0.15, 0.2) is 46.8 Å². The van der Waals surface area contributed by atoms with E-state index in [1.807, 2.05) is 12.1 Å². The Morgan fingerprint density at radius 1 is 1.14 bits per heavy atom. The quantitative estimate of drug-likeness (QED) is 0.269. The Kier molecular flexibility index (Phi) is 8.10. The first-order valence-electron chi connectivity index (χ1n) is 8.40. The van der Waals surface area contributed by atoms with Crippen molar-refractivity contribution in [1.82, 2.24) is 15.6 Å². The number of alkyl halides is 3. The zero-order chi connectivity index (χ0) is 19.3. The summed E-state index contributed by atoms with van der Waals surface area (Å²) in [6, 6.07) is 8.25. The molecule has 3 rings (SSSR count). The lowest BCUT2D eigenvalue weighted by molar-refractivity contribution is -0.140. The molecule has 2 heterocycles. The Balaban J connectivity index is 0.00000280. The third-order valence-electron chi connectivity index (χ3n) is 4.05. The Hall–Kier alpha value is -1.82. The molecule has 0 spiro atoms. The Morgan fingerprint density at radius 3 is 2.36 bits per heavy atom. The lowest BCUT2D eigenvalue weighted by Crippen LogP contribution is -2.36. The minimum Gasteiger partial charge on any atom is -0.364 e. The van der Waals surface area contributed by atoms with Crippen LogP contribution in [-0.2, 0) is 19.3 Å². The maximum atomic E-state index is 12.6. The predicted octanol–water partition coefficient (Wildman–Crippen LogP) is 4.02. The van der Waals surface area contributed by atoms with E-state index in [0.717, 1.165) is 35.4 Å². The molecule has 1 aliphatic rings. The van der Waals surface area contributed by atoms with Crippen LogP contribution in [0.3, 0.4) is 0 Å². The Labute approximate surface area is 182 Å². The normalized spacial score (nSPS) is 14.1. The van der Waals surface area contributed by atoms with Gasteiger partial charge >= 0.3 is 6.18 Å².